The number of likely N-dealkylation sites (tertiary alicyclic amines) is 5. The quantitative estimate of drug-likeness (QED) is 0.0220. The van der Waals surface area contributed by atoms with Gasteiger partial charge in [0.15, 0.2) is 0 Å². The molecule has 143 heavy (non-hydrogen) atoms. The number of carbonyl (C=O) groups is 20. The smallest absolute Gasteiger partial charge is 0.481 e. The van der Waals surface area contributed by atoms with Gasteiger partial charge in [-0.1, -0.05) is 60.7 Å². The van der Waals surface area contributed by atoms with Gasteiger partial charge in [0.05, 0.1) is 119 Å². The van der Waals surface area contributed by atoms with E-state index < -0.39 is 195 Å². The summed E-state index contributed by atoms with van der Waals surface area (Å²) < 4.78 is 73.5. The molecule has 5 fully saturated rings. The lowest BCUT2D eigenvalue weighted by atomic mass is 9.96. The van der Waals surface area contributed by atoms with Crippen molar-refractivity contribution in [2.45, 2.75) is 227 Å². The molecule has 46 nitrogen and oxygen atoms in total. The molecule has 0 radical (unpaired) electrons. The van der Waals surface area contributed by atoms with Crippen molar-refractivity contribution in [3.8, 4) is 0 Å². The molecule has 10 atom stereocenters. The van der Waals surface area contributed by atoms with Crippen molar-refractivity contribution in [1.82, 2.24) is 29.8 Å². The van der Waals surface area contributed by atoms with Crippen LogP contribution in [0.2, 0.25) is 0 Å². The van der Waals surface area contributed by atoms with E-state index in [1.54, 1.807) is 180 Å². The monoisotopic (exact) mass is 2040 g/mol. The number of amides is 4. The Morgan fingerprint density at radius 2 is 0.503 bits per heavy atom. The Bertz CT molecular complexity index is 4230. The van der Waals surface area contributed by atoms with E-state index in [1.165, 1.54) is 14.7 Å². The van der Waals surface area contributed by atoms with Gasteiger partial charge in [-0.05, 0) is 191 Å². The minimum absolute atomic E-state index is 0.00468. The molecule has 5 heterocycles. The average molecular weight is 2040 g/mol. The third-order valence-electron chi connectivity index (χ3n) is 18.7. The highest BCUT2D eigenvalue weighted by Crippen LogP contribution is 2.33. The van der Waals surface area contributed by atoms with E-state index in [2.05, 4.69) is 24.4 Å². The molecular formula is C97H150N6O40. The van der Waals surface area contributed by atoms with Crippen LogP contribution in [0.1, 0.15) is 191 Å². The molecule has 5 aliphatic rings. The van der Waals surface area contributed by atoms with Gasteiger partial charge in [-0.2, -0.15) is 0 Å². The topological polar surface area (TPSA) is 609 Å². The summed E-state index contributed by atoms with van der Waals surface area (Å²) in [6, 6.07) is 19.7. The standard InChI is InChI=1S/C17H23NO4.C15H25NO6.2C13H21NO6.C11H17NO6.C10H18O5.C9H11NO2.C8H12O4.CH2O/c1-3-21-16(19)14-11-18(10-13-8-6-5-7-9-13)12-15(14)17(20)22-4-2;1-6-20-12(17)10-8-16(14(19)22-15(3,4)5)9-11(10)13(18)21-7-2;2*1-5-19-11(17)9-7-14(6-8(9)10(15)16)12(18)20-13(2,3)4;1-11(2,3)18-10(17)12-4-6(8(13)14)7(5-12)9(15)16;1-9(2,3)14-7(11)13-8(12)15-10(4,5)6;11-9(12)7-10-6-8-4-2-1-3-5-8;1-3-11-7(9)5-6-8(10)12-4-2;1-2/h5-9,14-15H,3-4,10-12H2,1-2H3;10-11H,6-9H2,1-5H3;2*8-9H,5-7H2,1-4H3,(H,15,16);6-7H,4-5H2,1-3H3,(H,13,14)(H,15,16);1-6H3;1-5,10H,6-7H2,(H,11,12);5-6H,3-4H2,1-2H3;1H2/b;;;;;;;6-5+;/t14-,15-;10-,11-;2*8-,9-;6-,7-;;;;/m00100..../s1. The molecule has 0 unspecified atom stereocenters. The van der Waals surface area contributed by atoms with Crippen molar-refractivity contribution in [1.29, 1.82) is 0 Å². The SMILES string of the molecule is C=O.CC(C)(C)OC(=O)N1C[C@H](C(=O)O)[C@@H](C(=O)O)C1.CC(C)(C)OC(=O)OC(=O)OC(C)(C)C.CCOC(=O)/C=C/C(=O)OCC.CCOC(=O)[C@@H]1CN(C(=O)OC(C)(C)C)C[C@H]1C(=O)O.CCOC(=O)[C@H]1CN(C(=O)OC(C)(C)C)C[C@@H]1C(=O)O.CCOC(=O)[C@H]1CN(C(=O)OC(C)(C)C)C[C@@H]1C(=O)OCC.CCOC(=O)[C@H]1CN(Cc2ccccc2)C[C@@H]1C(=O)OCC.O=C(O)CNCc1ccccc1. The predicted molar refractivity (Wildman–Crippen MR) is 507 cm³/mol. The molecule has 5 aliphatic heterocycles. The molecule has 0 aromatic heterocycles. The van der Waals surface area contributed by atoms with Crippen LogP contribution in [0.15, 0.2) is 72.8 Å². The van der Waals surface area contributed by atoms with Crippen molar-refractivity contribution in [2.24, 2.45) is 59.2 Å². The zero-order chi connectivity index (χ0) is 110. The second-order valence-corrected chi connectivity index (χ2v) is 37.5. The summed E-state index contributed by atoms with van der Waals surface area (Å²) in [6.45, 7) is 50.5. The van der Waals surface area contributed by atoms with Gasteiger partial charge >= 0.3 is 114 Å². The van der Waals surface area contributed by atoms with Gasteiger partial charge in [-0.3, -0.25) is 57.6 Å². The summed E-state index contributed by atoms with van der Waals surface area (Å²) in [7, 11) is 0. The number of benzene rings is 2. The number of carbonyl (C=O) groups excluding carboxylic acids is 15. The van der Waals surface area contributed by atoms with Crippen molar-refractivity contribution >= 4 is 121 Å². The van der Waals surface area contributed by atoms with Crippen molar-refractivity contribution < 1.29 is 192 Å². The molecule has 7 rings (SSSR count). The Hall–Kier alpha value is -13.3. The highest BCUT2D eigenvalue weighted by atomic mass is 16.8. The Balaban J connectivity index is 0. The van der Waals surface area contributed by atoms with Crippen molar-refractivity contribution in [3.63, 3.8) is 0 Å². The van der Waals surface area contributed by atoms with Crippen LogP contribution in [-0.2, 0) is 151 Å². The van der Waals surface area contributed by atoms with Crippen LogP contribution in [0.25, 0.3) is 0 Å². The fourth-order valence-corrected chi connectivity index (χ4v) is 12.9. The number of hydrogen-bond acceptors (Lipinski definition) is 37. The number of ether oxygens (including phenoxy) is 15. The maximum atomic E-state index is 12.1. The first-order valence-corrected chi connectivity index (χ1v) is 46.3. The van der Waals surface area contributed by atoms with E-state index in [-0.39, 0.29) is 97.3 Å². The molecule has 0 spiro atoms. The van der Waals surface area contributed by atoms with E-state index in [0.29, 0.717) is 52.6 Å². The van der Waals surface area contributed by atoms with Crippen LogP contribution in [0, 0.1) is 59.2 Å². The minimum Gasteiger partial charge on any atom is -0.481 e. The number of aliphatic carboxylic acids is 5. The fourth-order valence-electron chi connectivity index (χ4n) is 12.9. The van der Waals surface area contributed by atoms with Crippen LogP contribution in [0.4, 0.5) is 28.8 Å². The average Bonchev–Trinajstić information content (AvgIpc) is 1.63. The summed E-state index contributed by atoms with van der Waals surface area (Å²) in [5.74, 6) is -17.5. The lowest BCUT2D eigenvalue weighted by Crippen LogP contribution is -2.36. The highest BCUT2D eigenvalue weighted by molar-refractivity contribution is 5.92. The molecule has 6 N–H and O–H groups in total. The van der Waals surface area contributed by atoms with Gasteiger partial charge < -0.3 is 126 Å². The number of nitrogens with zero attached hydrogens (tertiary/aromatic N) is 5. The number of esters is 8. The molecule has 0 bridgehead atoms. The molecule has 2 aromatic carbocycles. The van der Waals surface area contributed by atoms with E-state index in [1.807, 2.05) is 67.5 Å². The maximum Gasteiger partial charge on any atom is 0.519 e. The number of nitrogens with one attached hydrogen (secondary N) is 1. The van der Waals surface area contributed by atoms with E-state index >= 15 is 0 Å². The minimum atomic E-state index is -1.21. The zero-order valence-corrected chi connectivity index (χ0v) is 87.0. The summed E-state index contributed by atoms with van der Waals surface area (Å²) in [5.41, 5.74) is -1.81. The van der Waals surface area contributed by atoms with Crippen LogP contribution >= 0.6 is 0 Å². The van der Waals surface area contributed by atoms with Gasteiger partial charge in [-0.15, -0.1) is 0 Å². The van der Waals surface area contributed by atoms with Gasteiger partial charge in [0.25, 0.3) is 0 Å². The van der Waals surface area contributed by atoms with Crippen molar-refractivity contribution in [2.75, 3.05) is 125 Å². The molecule has 0 aliphatic carbocycles. The predicted octanol–water partition coefficient (Wildman–Crippen LogP) is 10.5. The third kappa shape index (κ3) is 56.2. The Morgan fingerprint density at radius 3 is 0.713 bits per heavy atom. The lowest BCUT2D eigenvalue weighted by molar-refractivity contribution is -0.157. The number of carboxylic acids is 5. The molecular weight excluding hydrogens is 1890 g/mol. The highest BCUT2D eigenvalue weighted by Gasteiger charge is 2.51. The van der Waals surface area contributed by atoms with Crippen LogP contribution in [-0.4, -0.2) is 330 Å². The van der Waals surface area contributed by atoms with E-state index in [4.69, 9.17) is 87.2 Å². The zero-order valence-electron chi connectivity index (χ0n) is 87.0. The van der Waals surface area contributed by atoms with Gasteiger partial charge in [0.2, 0.25) is 0 Å². The van der Waals surface area contributed by atoms with Crippen LogP contribution in [0.3, 0.4) is 0 Å². The van der Waals surface area contributed by atoms with Gasteiger partial charge in [0, 0.05) is 90.7 Å². The Kier molecular flexibility index (Phi) is 59.9. The first-order valence-electron chi connectivity index (χ1n) is 46.3. The number of hydrogen-bond donors (Lipinski definition) is 6. The molecule has 4 amide bonds. The summed E-state index contributed by atoms with van der Waals surface area (Å²) in [6.07, 6.45) is -2.49. The fraction of sp³-hybridized carbons (Fsp3) is 0.649. The Morgan fingerprint density at radius 1 is 0.301 bits per heavy atom. The van der Waals surface area contributed by atoms with Gasteiger partial charge in [0.1, 0.15) is 40.4 Å². The maximum absolute atomic E-state index is 12.1. The molecule has 2 aromatic rings. The van der Waals surface area contributed by atoms with Crippen LogP contribution < -0.4 is 5.32 Å². The number of carboxylic acid groups (broad SMARTS) is 5. The third-order valence-corrected chi connectivity index (χ3v) is 18.7. The normalized spacial score (nSPS) is 18.8. The number of rotatable bonds is 26. The first kappa shape index (κ1) is 132. The van der Waals surface area contributed by atoms with Crippen LogP contribution in [0.5, 0.6) is 0 Å². The molecule has 46 heteroatoms. The van der Waals surface area contributed by atoms with E-state index in [9.17, 15) is 91.1 Å². The second-order valence-electron chi connectivity index (χ2n) is 37.5. The second kappa shape index (κ2) is 65.0. The largest absolute Gasteiger partial charge is 0.519 e. The van der Waals surface area contributed by atoms with E-state index in [0.717, 1.165) is 28.2 Å². The summed E-state index contributed by atoms with van der Waals surface area (Å²) in [4.78, 5) is 232. The molecule has 5 saturated heterocycles. The van der Waals surface area contributed by atoms with Gasteiger partial charge in [-0.25, -0.2) is 38.4 Å². The Labute approximate surface area is 834 Å². The lowest BCUT2D eigenvalue weighted by Gasteiger charge is -2.24. The summed E-state index contributed by atoms with van der Waals surface area (Å²) in [5, 5.41) is 47.3. The first-order chi connectivity index (χ1) is 66.2. The molecule has 808 valence electrons. The van der Waals surface area contributed by atoms with Crippen molar-refractivity contribution in [3.05, 3.63) is 83.9 Å². The molecule has 0 saturated carbocycles. The summed E-state index contributed by atoms with van der Waals surface area (Å²) >= 11 is 0.